The molecule has 0 spiro atoms. The summed E-state index contributed by atoms with van der Waals surface area (Å²) in [7, 11) is -0.880. The van der Waals surface area contributed by atoms with E-state index < -0.39 is 49.4 Å². The second-order valence-corrected chi connectivity index (χ2v) is 30.1. The van der Waals surface area contributed by atoms with Gasteiger partial charge in [0.2, 0.25) is 0 Å². The van der Waals surface area contributed by atoms with Crippen molar-refractivity contribution in [3.8, 4) is 28.1 Å². The number of hydrazine groups is 1. The highest BCUT2D eigenvalue weighted by Crippen LogP contribution is 2.45. The van der Waals surface area contributed by atoms with Crippen LogP contribution >= 0.6 is 0 Å². The predicted molar refractivity (Wildman–Crippen MR) is 321 cm³/mol. The van der Waals surface area contributed by atoms with Crippen molar-refractivity contribution in [3.63, 3.8) is 0 Å². The molecule has 2 aliphatic heterocycles. The summed E-state index contributed by atoms with van der Waals surface area (Å²) < 4.78 is 27.2. The number of aryl methyl sites for hydroxylation is 1. The van der Waals surface area contributed by atoms with Crippen molar-refractivity contribution in [1.82, 2.24) is 30.2 Å². The van der Waals surface area contributed by atoms with Crippen LogP contribution in [0.25, 0.3) is 33.3 Å². The van der Waals surface area contributed by atoms with Crippen molar-refractivity contribution < 1.29 is 48.0 Å². The Morgan fingerprint density at radius 1 is 0.840 bits per heavy atom. The molecule has 4 N–H and O–H groups in total. The van der Waals surface area contributed by atoms with E-state index in [-0.39, 0.29) is 55.0 Å². The Bertz CT molecular complexity index is 2980. The maximum absolute atomic E-state index is 14.6. The van der Waals surface area contributed by atoms with Gasteiger partial charge in [-0.15, -0.1) is 0 Å². The van der Waals surface area contributed by atoms with Crippen LogP contribution < -0.4 is 20.1 Å². The van der Waals surface area contributed by atoms with Gasteiger partial charge in [-0.1, -0.05) is 111 Å². The number of piperazine rings is 1. The number of rotatable bonds is 21. The molecule has 2 aliphatic rings. The summed E-state index contributed by atoms with van der Waals surface area (Å²) in [5.74, 6) is -0.884. The molecule has 0 radical (unpaired) electrons. The van der Waals surface area contributed by atoms with Gasteiger partial charge in [-0.25, -0.2) is 15.0 Å². The highest BCUT2D eigenvalue weighted by Gasteiger charge is 2.47. The number of nitrogens with one attached hydrogen (secondary N) is 2. The molecule has 0 saturated carbocycles. The number of alkyl carbamates (subject to hydrolysis) is 1. The third kappa shape index (κ3) is 14.6. The lowest BCUT2D eigenvalue weighted by Gasteiger charge is -2.42. The van der Waals surface area contributed by atoms with Crippen molar-refractivity contribution in [2.24, 2.45) is 5.41 Å². The summed E-state index contributed by atoms with van der Waals surface area (Å²) in [5, 5.41) is 26.1. The molecule has 3 atom stereocenters. The van der Waals surface area contributed by atoms with Crippen LogP contribution in [0.15, 0.2) is 79.0 Å². The van der Waals surface area contributed by atoms with Gasteiger partial charge in [0, 0.05) is 81.3 Å². The van der Waals surface area contributed by atoms with Crippen LogP contribution in [-0.2, 0) is 49.8 Å². The second-order valence-electron chi connectivity index (χ2n) is 24.7. The van der Waals surface area contributed by atoms with Gasteiger partial charge in [-0.2, -0.15) is 0 Å². The summed E-state index contributed by atoms with van der Waals surface area (Å²) >= 11 is 0. The van der Waals surface area contributed by atoms with Gasteiger partial charge in [0.05, 0.1) is 29.4 Å². The number of hydrogen-bond donors (Lipinski definition) is 4. The number of anilines is 1. The van der Waals surface area contributed by atoms with E-state index in [1.807, 2.05) is 55.6 Å². The predicted octanol–water partition coefficient (Wildman–Crippen LogP) is 11.7. The second kappa shape index (κ2) is 26.2. The zero-order valence-corrected chi connectivity index (χ0v) is 51.4. The average molecular weight is 1130 g/mol. The Morgan fingerprint density at radius 2 is 1.52 bits per heavy atom. The van der Waals surface area contributed by atoms with Crippen molar-refractivity contribution >= 4 is 49.0 Å². The third-order valence-electron chi connectivity index (χ3n) is 16.0. The molecule has 5 aromatic rings. The van der Waals surface area contributed by atoms with E-state index in [9.17, 15) is 29.4 Å². The van der Waals surface area contributed by atoms with Gasteiger partial charge in [0.1, 0.15) is 30.0 Å². The quantitative estimate of drug-likeness (QED) is 0.0507. The lowest BCUT2D eigenvalue weighted by Crippen LogP contribution is -2.60. The number of carboxylic acid groups (broad SMARTS) is 1. The fourth-order valence-electron chi connectivity index (χ4n) is 11.9. The van der Waals surface area contributed by atoms with Crippen molar-refractivity contribution in [3.05, 3.63) is 101 Å². The molecule has 7 rings (SSSR count). The number of nitrogens with zero attached hydrogens (tertiary/aromatic N) is 5. The zero-order valence-electron chi connectivity index (χ0n) is 50.4. The first-order valence-electron chi connectivity index (χ1n) is 28.9. The van der Waals surface area contributed by atoms with E-state index >= 15 is 0 Å². The molecule has 440 valence electrons. The first-order chi connectivity index (χ1) is 38.3. The minimum Gasteiger partial charge on any atom is -0.543 e. The number of aliphatic carboxylic acids is 1. The molecule has 17 nitrogen and oxygen atoms in total. The molecule has 2 aromatic heterocycles. The lowest BCUT2D eigenvalue weighted by atomic mass is 9.94. The number of carboxylic acids is 1. The van der Waals surface area contributed by atoms with Gasteiger partial charge in [-0.3, -0.25) is 19.6 Å². The standard InChI is InChI=1S/C63H89N7O10Si/c1-15-50-51-24-23-46(47-30-45(31-49(33-47)80-81(40(2)3,41(4)5)42(6)7)32-54(65-60(75)79-62(9,10)11)58(72)70-25-19-22-53(66-70)59(73)74)34-55(51)69(38-63(12,13)39-71)57(50)52-35-48(36-64-56(52)43(8)77-14)67-26-28-68(29-27-67)61(76)78-37-44-20-17-16-18-21-44/h16-18,20-21,23-24,30-31,33-36,40-43,53-54,66,71H,15,19,22,25-29,32,37-39H2,1-14H3,(H,65,75)(H,73,74)/t43-,53-,54-/m0/s1. The largest absolute Gasteiger partial charge is 0.543 e. The Hall–Kier alpha value is -6.47. The van der Waals surface area contributed by atoms with Crippen LogP contribution in [0.3, 0.4) is 0 Å². The number of aromatic nitrogens is 2. The fourth-order valence-corrected chi connectivity index (χ4v) is 17.1. The average Bonchev–Trinajstić information content (AvgIpc) is 4.03. The summed E-state index contributed by atoms with van der Waals surface area (Å²) in [6.07, 6.45) is 1.97. The summed E-state index contributed by atoms with van der Waals surface area (Å²) in [6.45, 7) is 30.0. The smallest absolute Gasteiger partial charge is 0.410 e. The van der Waals surface area contributed by atoms with Gasteiger partial charge >= 0.3 is 18.2 Å². The highest BCUT2D eigenvalue weighted by atomic mass is 28.4. The number of hydrogen-bond acceptors (Lipinski definition) is 12. The number of ether oxygens (including phenoxy) is 3. The molecule has 0 bridgehead atoms. The normalized spacial score (nSPS) is 16.3. The van der Waals surface area contributed by atoms with E-state index in [0.717, 1.165) is 61.4 Å². The van der Waals surface area contributed by atoms with Crippen LogP contribution in [-0.4, -0.2) is 126 Å². The van der Waals surface area contributed by atoms with E-state index in [2.05, 4.69) is 113 Å². The maximum Gasteiger partial charge on any atom is 0.410 e. The molecule has 2 saturated heterocycles. The van der Waals surface area contributed by atoms with Crippen molar-refractivity contribution in [2.45, 2.75) is 169 Å². The lowest BCUT2D eigenvalue weighted by molar-refractivity contribution is -0.147. The number of carbonyl (C=O) groups is 4. The first kappa shape index (κ1) is 62.1. The SMILES string of the molecule is CCc1c(-c2cc(N3CCN(C(=O)OCc4ccccc4)CC3)cnc2[C@H](C)OC)n(CC(C)(C)CO)c2cc(-c3cc(C[C@H](NC(=O)OC(C)(C)C)C(=O)N4CCC[C@@H](C(=O)O)N4)cc(O[Si](C(C)C)(C(C)C)C(C)C)c3)ccc12. The van der Waals surface area contributed by atoms with E-state index in [1.54, 1.807) is 32.8 Å². The van der Waals surface area contributed by atoms with Crippen LogP contribution in [0.2, 0.25) is 16.6 Å². The Morgan fingerprint density at radius 3 is 2.12 bits per heavy atom. The third-order valence-corrected chi connectivity index (χ3v) is 22.0. The van der Waals surface area contributed by atoms with Gasteiger partial charge in [-0.05, 0) is 116 Å². The first-order valence-corrected chi connectivity index (χ1v) is 31.1. The number of fused-ring (bicyclic) bond motifs is 1. The molecule has 81 heavy (non-hydrogen) atoms. The number of benzene rings is 3. The van der Waals surface area contributed by atoms with Gasteiger partial charge in [0.15, 0.2) is 0 Å². The van der Waals surface area contributed by atoms with Crippen LogP contribution in [0, 0.1) is 5.41 Å². The highest BCUT2D eigenvalue weighted by molar-refractivity contribution is 6.78. The number of aliphatic hydroxyl groups excluding tert-OH is 1. The topological polar surface area (TPSA) is 197 Å². The van der Waals surface area contributed by atoms with Crippen LogP contribution in [0.1, 0.15) is 131 Å². The van der Waals surface area contributed by atoms with Crippen LogP contribution in [0.5, 0.6) is 5.75 Å². The Kier molecular flexibility index (Phi) is 20.1. The number of carbonyl (C=O) groups excluding carboxylic acids is 3. The summed E-state index contributed by atoms with van der Waals surface area (Å²) in [6, 6.07) is 22.4. The molecule has 3 aromatic carbocycles. The fraction of sp³-hybridized carbons (Fsp3) is 0.540. The Balaban J connectivity index is 1.36. The van der Waals surface area contributed by atoms with Crippen molar-refractivity contribution in [1.29, 1.82) is 0 Å². The minimum absolute atomic E-state index is 0.0441. The minimum atomic E-state index is -2.57. The molecular formula is C63H89N7O10Si. The molecule has 0 unspecified atom stereocenters. The monoisotopic (exact) mass is 1130 g/mol. The maximum atomic E-state index is 14.6. The molecule has 0 aliphatic carbocycles. The number of methoxy groups -OCH3 is 1. The van der Waals surface area contributed by atoms with Crippen molar-refractivity contribution in [2.75, 3.05) is 51.3 Å². The number of aliphatic hydroxyl groups is 1. The number of pyridine rings is 1. The zero-order chi connectivity index (χ0) is 59.1. The summed E-state index contributed by atoms with van der Waals surface area (Å²) in [5.41, 5.74) is 11.3. The molecule has 4 heterocycles. The van der Waals surface area contributed by atoms with Gasteiger partial charge < -0.3 is 48.5 Å². The molecule has 3 amide bonds. The van der Waals surface area contributed by atoms with Gasteiger partial charge in [0.25, 0.3) is 14.2 Å². The van der Waals surface area contributed by atoms with E-state index in [4.69, 9.17) is 23.6 Å². The molecule has 2 fully saturated rings. The number of amides is 3. The molecular weight excluding hydrogens is 1040 g/mol. The molecule has 18 heteroatoms. The van der Waals surface area contributed by atoms with E-state index in [1.165, 1.54) is 5.01 Å². The Labute approximate surface area is 480 Å². The van der Waals surface area contributed by atoms with E-state index in [0.29, 0.717) is 57.7 Å². The van der Waals surface area contributed by atoms with Crippen LogP contribution in [0.4, 0.5) is 15.3 Å². The summed E-state index contributed by atoms with van der Waals surface area (Å²) in [4.78, 5) is 62.8.